The molecular weight excluding hydrogens is 560 g/mol. The van der Waals surface area contributed by atoms with Gasteiger partial charge in [-0.1, -0.05) is 0 Å². The zero-order chi connectivity index (χ0) is 30.9. The van der Waals surface area contributed by atoms with Gasteiger partial charge in [0.1, 0.15) is 40.1 Å². The zero-order valence-electron chi connectivity index (χ0n) is 23.8. The van der Waals surface area contributed by atoms with E-state index < -0.39 is 35.0 Å². The van der Waals surface area contributed by atoms with E-state index in [2.05, 4.69) is 0 Å². The third-order valence-corrected chi connectivity index (χ3v) is 7.71. The van der Waals surface area contributed by atoms with E-state index in [0.29, 0.717) is 40.0 Å². The Morgan fingerprint density at radius 3 is 2.21 bits per heavy atom. The standard InChI is InChI=1S/C32H26O11/c1-12-6-19-25(34)24-29(41-5)23-22(26(35)30(24)43-27(19)20(7-12)31(36)37)21(33)11-17(28(23)40-4)16-9-14(39-3)10-18-15(16)8-13(2)42-32(18)38/h6-7,9-11,13,33,35H,8H2,1-5H3,(H,36,37). The summed E-state index contributed by atoms with van der Waals surface area (Å²) in [5.74, 6) is -2.48. The molecule has 0 radical (unpaired) electrons. The first-order valence-corrected chi connectivity index (χ1v) is 13.2. The summed E-state index contributed by atoms with van der Waals surface area (Å²) in [4.78, 5) is 38.8. The number of esters is 1. The summed E-state index contributed by atoms with van der Waals surface area (Å²) in [5.41, 5.74) is 0.740. The first-order chi connectivity index (χ1) is 20.5. The number of carboxylic acids is 1. The fourth-order valence-electron chi connectivity index (χ4n) is 5.92. The van der Waals surface area contributed by atoms with Crippen LogP contribution in [0.1, 0.15) is 38.8 Å². The number of carbonyl (C=O) groups is 2. The molecule has 43 heavy (non-hydrogen) atoms. The number of benzene rings is 4. The largest absolute Gasteiger partial charge is 0.507 e. The van der Waals surface area contributed by atoms with E-state index in [1.54, 1.807) is 26.0 Å². The summed E-state index contributed by atoms with van der Waals surface area (Å²) in [5, 5.41) is 32.3. The maximum Gasteiger partial charge on any atom is 0.339 e. The molecule has 0 saturated carbocycles. The Hall–Kier alpha value is -5.45. The van der Waals surface area contributed by atoms with E-state index >= 15 is 0 Å². The van der Waals surface area contributed by atoms with Crippen molar-refractivity contribution in [1.29, 1.82) is 0 Å². The van der Waals surface area contributed by atoms with Crippen molar-refractivity contribution in [2.45, 2.75) is 26.4 Å². The average molecular weight is 587 g/mol. The monoisotopic (exact) mass is 586 g/mol. The van der Waals surface area contributed by atoms with Gasteiger partial charge in [0.05, 0.1) is 43.1 Å². The number of hydrogen-bond acceptors (Lipinski definition) is 10. The molecule has 1 aromatic heterocycles. The van der Waals surface area contributed by atoms with E-state index in [1.807, 2.05) is 0 Å². The second kappa shape index (κ2) is 9.83. The highest BCUT2D eigenvalue weighted by molar-refractivity contribution is 6.17. The number of rotatable bonds is 5. The van der Waals surface area contributed by atoms with Gasteiger partial charge in [0.25, 0.3) is 0 Å². The van der Waals surface area contributed by atoms with E-state index in [4.69, 9.17) is 23.4 Å². The van der Waals surface area contributed by atoms with Crippen molar-refractivity contribution in [1.82, 2.24) is 0 Å². The number of aromatic hydroxyl groups is 2. The normalized spacial score (nSPS) is 14.5. The number of carboxylic acid groups (broad SMARTS) is 1. The zero-order valence-corrected chi connectivity index (χ0v) is 23.8. The maximum atomic E-state index is 14.0. The van der Waals surface area contributed by atoms with Crippen LogP contribution in [-0.2, 0) is 11.2 Å². The maximum absolute atomic E-state index is 14.0. The van der Waals surface area contributed by atoms with Crippen LogP contribution >= 0.6 is 0 Å². The summed E-state index contributed by atoms with van der Waals surface area (Å²) in [6.07, 6.45) is -0.0599. The Labute approximate surface area is 243 Å². The molecule has 6 rings (SSSR count). The molecule has 1 aliphatic heterocycles. The lowest BCUT2D eigenvalue weighted by atomic mass is 9.87. The Balaban J connectivity index is 1.81. The van der Waals surface area contributed by atoms with Crippen molar-refractivity contribution >= 4 is 44.6 Å². The fourth-order valence-corrected chi connectivity index (χ4v) is 5.92. The van der Waals surface area contributed by atoms with E-state index in [1.165, 1.54) is 39.5 Å². The molecule has 0 saturated heterocycles. The molecule has 0 amide bonds. The van der Waals surface area contributed by atoms with E-state index in [-0.39, 0.29) is 49.8 Å². The van der Waals surface area contributed by atoms with Gasteiger partial charge >= 0.3 is 11.9 Å². The van der Waals surface area contributed by atoms with Crippen LogP contribution < -0.4 is 19.6 Å². The van der Waals surface area contributed by atoms with Crippen LogP contribution in [0.15, 0.2) is 39.5 Å². The molecule has 0 spiro atoms. The number of aryl methyl sites for hydroxylation is 1. The number of methoxy groups -OCH3 is 3. The summed E-state index contributed by atoms with van der Waals surface area (Å²) in [6, 6.07) is 7.47. The number of phenols is 2. The molecule has 2 heterocycles. The van der Waals surface area contributed by atoms with Gasteiger partial charge in [-0.25, -0.2) is 9.59 Å². The minimum atomic E-state index is -1.32. The quantitative estimate of drug-likeness (QED) is 0.181. The van der Waals surface area contributed by atoms with Crippen molar-refractivity contribution in [2.75, 3.05) is 21.3 Å². The minimum Gasteiger partial charge on any atom is -0.507 e. The number of hydrogen-bond donors (Lipinski definition) is 3. The summed E-state index contributed by atoms with van der Waals surface area (Å²) < 4.78 is 28.4. The van der Waals surface area contributed by atoms with Crippen LogP contribution in [0, 0.1) is 6.92 Å². The number of cyclic esters (lactones) is 1. The highest BCUT2D eigenvalue weighted by atomic mass is 16.5. The Bertz CT molecular complexity index is 2110. The van der Waals surface area contributed by atoms with Crippen LogP contribution in [0.5, 0.6) is 28.7 Å². The van der Waals surface area contributed by atoms with Gasteiger partial charge in [0, 0.05) is 12.0 Å². The van der Waals surface area contributed by atoms with Crippen LogP contribution in [0.2, 0.25) is 0 Å². The second-order valence-corrected chi connectivity index (χ2v) is 10.4. The third kappa shape index (κ3) is 3.99. The summed E-state index contributed by atoms with van der Waals surface area (Å²) >= 11 is 0. The van der Waals surface area contributed by atoms with Gasteiger partial charge in [-0.2, -0.15) is 0 Å². The predicted octanol–water partition coefficient (Wildman–Crippen LogP) is 5.31. The number of aromatic carboxylic acids is 1. The molecule has 0 bridgehead atoms. The summed E-state index contributed by atoms with van der Waals surface area (Å²) in [7, 11) is 4.14. The Morgan fingerprint density at radius 2 is 1.56 bits per heavy atom. The van der Waals surface area contributed by atoms with Crippen LogP contribution in [0.3, 0.4) is 0 Å². The van der Waals surface area contributed by atoms with Crippen molar-refractivity contribution < 1.29 is 48.3 Å². The second-order valence-electron chi connectivity index (χ2n) is 10.4. The van der Waals surface area contributed by atoms with Crippen LogP contribution in [0.25, 0.3) is 43.8 Å². The van der Waals surface area contributed by atoms with E-state index in [9.17, 15) is 29.7 Å². The first-order valence-electron chi connectivity index (χ1n) is 13.2. The molecule has 1 atom stereocenters. The van der Waals surface area contributed by atoms with Crippen molar-refractivity contribution in [2.24, 2.45) is 0 Å². The third-order valence-electron chi connectivity index (χ3n) is 7.71. The SMILES string of the molecule is COc1cc2c(c(-c3cc(O)c4c(O)c5oc6c(C(=O)O)cc(C)cc6c(=O)c5c(OC)c4c3OC)c1)CC(C)OC2=O. The molecule has 1 aliphatic rings. The lowest BCUT2D eigenvalue weighted by Crippen LogP contribution is -2.25. The first kappa shape index (κ1) is 27.7. The van der Waals surface area contributed by atoms with Gasteiger partial charge in [-0.05, 0) is 60.9 Å². The Kier molecular flexibility index (Phi) is 6.33. The minimum absolute atomic E-state index is 0.0318. The van der Waals surface area contributed by atoms with Gasteiger partial charge in [-0.3, -0.25) is 4.79 Å². The van der Waals surface area contributed by atoms with Crippen LogP contribution in [-0.4, -0.2) is 54.7 Å². The molecule has 0 fully saturated rings. The molecule has 3 N–H and O–H groups in total. The highest BCUT2D eigenvalue weighted by Gasteiger charge is 2.32. The van der Waals surface area contributed by atoms with Gasteiger partial charge in [0.2, 0.25) is 5.43 Å². The summed E-state index contributed by atoms with van der Waals surface area (Å²) in [6.45, 7) is 3.40. The molecule has 220 valence electrons. The number of carbonyl (C=O) groups excluding carboxylic acids is 1. The van der Waals surface area contributed by atoms with Crippen molar-refractivity contribution in [3.8, 4) is 39.9 Å². The molecule has 11 heteroatoms. The smallest absolute Gasteiger partial charge is 0.339 e. The topological polar surface area (TPSA) is 162 Å². The van der Waals surface area contributed by atoms with Crippen molar-refractivity contribution in [3.05, 3.63) is 62.8 Å². The van der Waals surface area contributed by atoms with Gasteiger partial charge in [-0.15, -0.1) is 0 Å². The molecule has 4 aromatic carbocycles. The molecular formula is C32H26O11. The number of fused-ring (bicyclic) bond motifs is 4. The Morgan fingerprint density at radius 1 is 0.860 bits per heavy atom. The fraction of sp³-hybridized carbons (Fsp3) is 0.219. The molecule has 5 aromatic rings. The molecule has 0 aliphatic carbocycles. The van der Waals surface area contributed by atoms with Crippen molar-refractivity contribution in [3.63, 3.8) is 0 Å². The molecule has 1 unspecified atom stereocenters. The van der Waals surface area contributed by atoms with Crippen LogP contribution in [0.4, 0.5) is 0 Å². The van der Waals surface area contributed by atoms with E-state index in [0.717, 1.165) is 0 Å². The van der Waals surface area contributed by atoms with Gasteiger partial charge < -0.3 is 38.7 Å². The number of ether oxygens (including phenoxy) is 4. The highest BCUT2D eigenvalue weighted by Crippen LogP contribution is 2.53. The lowest BCUT2D eigenvalue weighted by molar-refractivity contribution is 0.0301. The average Bonchev–Trinajstić information content (AvgIpc) is 2.97. The predicted molar refractivity (Wildman–Crippen MR) is 156 cm³/mol. The van der Waals surface area contributed by atoms with Gasteiger partial charge in [0.15, 0.2) is 16.9 Å². The lowest BCUT2D eigenvalue weighted by Gasteiger charge is -2.26. The molecule has 11 nitrogen and oxygen atoms in total. The number of phenolic OH excluding ortho intramolecular Hbond substituents is 2.